The van der Waals surface area contributed by atoms with Crippen molar-refractivity contribution in [1.29, 1.82) is 0 Å². The number of nitrogens with one attached hydrogen (secondary N) is 1. The van der Waals surface area contributed by atoms with Gasteiger partial charge in [-0.2, -0.15) is 0 Å². The van der Waals surface area contributed by atoms with E-state index < -0.39 is 8.24 Å². The first-order chi connectivity index (χ1) is 16.4. The average molecular weight is 462 g/mol. The summed E-state index contributed by atoms with van der Waals surface area (Å²) in [6.07, 6.45) is 1.77. The molecule has 4 aromatic carbocycles. The molecule has 0 amide bonds. The van der Waals surface area contributed by atoms with Crippen LogP contribution in [0.3, 0.4) is 0 Å². The molecule has 0 aliphatic rings. The molecule has 0 aliphatic carbocycles. The molecule has 170 valence electrons. The van der Waals surface area contributed by atoms with Gasteiger partial charge >= 0.3 is 0 Å². The Morgan fingerprint density at radius 3 is 1.44 bits per heavy atom. The van der Waals surface area contributed by atoms with Crippen molar-refractivity contribution in [3.05, 3.63) is 137 Å². The molecular formula is C31H31NOSi. The first-order valence-corrected chi connectivity index (χ1v) is 13.7. The third kappa shape index (κ3) is 4.66. The summed E-state index contributed by atoms with van der Waals surface area (Å²) in [4.78, 5) is 17.3. The first kappa shape index (κ1) is 23.5. The van der Waals surface area contributed by atoms with Crippen molar-refractivity contribution < 1.29 is 4.79 Å². The van der Waals surface area contributed by atoms with Gasteiger partial charge in [0.05, 0.1) is 0 Å². The van der Waals surface area contributed by atoms with Gasteiger partial charge < -0.3 is 4.98 Å². The van der Waals surface area contributed by atoms with Crippen LogP contribution in [0.2, 0.25) is 0 Å². The molecular weight excluding hydrogens is 430 g/mol. The Hall–Kier alpha value is -3.69. The Bertz CT molecular complexity index is 1190. The summed E-state index contributed by atoms with van der Waals surface area (Å²) in [6, 6.07) is 36.0. The van der Waals surface area contributed by atoms with Crippen LogP contribution in [0.25, 0.3) is 0 Å². The number of carbonyl (C=O) groups is 1. The molecule has 0 spiro atoms. The molecule has 1 N–H and O–H groups in total. The van der Waals surface area contributed by atoms with Gasteiger partial charge in [-0.1, -0.05) is 109 Å². The van der Waals surface area contributed by atoms with Crippen molar-refractivity contribution >= 4 is 29.6 Å². The highest BCUT2D eigenvalue weighted by Gasteiger charge is 2.40. The van der Waals surface area contributed by atoms with Crippen molar-refractivity contribution in [3.8, 4) is 0 Å². The van der Waals surface area contributed by atoms with E-state index in [0.29, 0.717) is 0 Å². The van der Waals surface area contributed by atoms with E-state index in [-0.39, 0.29) is 5.78 Å². The molecule has 0 aliphatic heterocycles. The summed E-state index contributed by atoms with van der Waals surface area (Å²) in [5, 5.41) is 3.74. The van der Waals surface area contributed by atoms with Crippen LogP contribution in [-0.2, 0) is 0 Å². The van der Waals surface area contributed by atoms with Crippen molar-refractivity contribution in [2.45, 2.75) is 27.7 Å². The van der Waals surface area contributed by atoms with Gasteiger partial charge in [-0.3, -0.25) is 4.79 Å². The number of hydrogen-bond donors (Lipinski definition) is 1. The molecule has 0 saturated heterocycles. The highest BCUT2D eigenvalue weighted by Crippen LogP contribution is 2.18. The van der Waals surface area contributed by atoms with Gasteiger partial charge in [0.1, 0.15) is 0 Å². The average Bonchev–Trinajstić information content (AvgIpc) is 2.83. The van der Waals surface area contributed by atoms with Gasteiger partial charge in [-0.25, -0.2) is 0 Å². The van der Waals surface area contributed by atoms with Crippen LogP contribution in [0.15, 0.2) is 115 Å². The molecule has 0 aromatic heterocycles. The molecule has 0 radical (unpaired) electrons. The van der Waals surface area contributed by atoms with Crippen molar-refractivity contribution in [3.63, 3.8) is 0 Å². The highest BCUT2D eigenvalue weighted by molar-refractivity contribution is 7.10. The standard InChI is InChI=1S/C31H31NOSi/c1-23-20-24(2)31(25(3)21-23)30(33)22-26(4)32-34(27-14-8-5-9-15-27,28-16-10-6-11-17-28)29-18-12-7-13-19-29/h5-22,32H,1-4H3. The fourth-order valence-corrected chi connectivity index (χ4v) is 9.12. The molecule has 0 unspecified atom stereocenters. The maximum atomic E-state index is 13.4. The predicted octanol–water partition coefficient (Wildman–Crippen LogP) is 4.96. The number of carbonyl (C=O) groups excluding carboxylic acids is 1. The molecule has 0 heterocycles. The molecule has 2 nitrogen and oxygen atoms in total. The molecule has 34 heavy (non-hydrogen) atoms. The van der Waals surface area contributed by atoms with Gasteiger partial charge in [0.2, 0.25) is 8.24 Å². The minimum atomic E-state index is -2.66. The Morgan fingerprint density at radius 1 is 0.676 bits per heavy atom. The number of benzene rings is 4. The van der Waals surface area contributed by atoms with E-state index in [9.17, 15) is 4.79 Å². The summed E-state index contributed by atoms with van der Waals surface area (Å²) < 4.78 is 0. The third-order valence-corrected chi connectivity index (χ3v) is 10.6. The van der Waals surface area contributed by atoms with E-state index in [1.807, 2.05) is 39.0 Å². The van der Waals surface area contributed by atoms with Gasteiger partial charge in [0, 0.05) is 17.3 Å². The van der Waals surface area contributed by atoms with Crippen LogP contribution in [0, 0.1) is 20.8 Å². The van der Waals surface area contributed by atoms with Crippen LogP contribution in [-0.4, -0.2) is 14.0 Å². The van der Waals surface area contributed by atoms with Crippen LogP contribution in [0.5, 0.6) is 0 Å². The van der Waals surface area contributed by atoms with Gasteiger partial charge in [0.25, 0.3) is 0 Å². The second-order valence-corrected chi connectivity index (χ2v) is 12.4. The van der Waals surface area contributed by atoms with E-state index >= 15 is 0 Å². The van der Waals surface area contributed by atoms with Crippen molar-refractivity contribution in [2.24, 2.45) is 0 Å². The minimum Gasteiger partial charge on any atom is -0.403 e. The summed E-state index contributed by atoms with van der Waals surface area (Å²) in [5.74, 6) is 0.0390. The van der Waals surface area contributed by atoms with Crippen molar-refractivity contribution in [2.75, 3.05) is 0 Å². The highest BCUT2D eigenvalue weighted by atomic mass is 28.3. The summed E-state index contributed by atoms with van der Waals surface area (Å²) in [7, 11) is -2.66. The topological polar surface area (TPSA) is 29.1 Å². The van der Waals surface area contributed by atoms with Gasteiger partial charge in [-0.15, -0.1) is 0 Å². The van der Waals surface area contributed by atoms with Crippen LogP contribution in [0.4, 0.5) is 0 Å². The third-order valence-electron chi connectivity index (χ3n) is 6.28. The Kier molecular flexibility index (Phi) is 6.94. The zero-order valence-corrected chi connectivity index (χ0v) is 21.3. The number of allylic oxidation sites excluding steroid dienone is 2. The smallest absolute Gasteiger partial charge is 0.250 e. The largest absolute Gasteiger partial charge is 0.403 e. The van der Waals surface area contributed by atoms with Crippen LogP contribution >= 0.6 is 0 Å². The lowest BCUT2D eigenvalue weighted by atomic mass is 9.96. The molecule has 0 fully saturated rings. The maximum absolute atomic E-state index is 13.4. The summed E-state index contributed by atoms with van der Waals surface area (Å²) >= 11 is 0. The molecule has 0 atom stereocenters. The quantitative estimate of drug-likeness (QED) is 0.183. The number of rotatable bonds is 7. The van der Waals surface area contributed by atoms with E-state index in [4.69, 9.17) is 0 Å². The van der Waals surface area contributed by atoms with E-state index in [2.05, 4.69) is 96.8 Å². The first-order valence-electron chi connectivity index (χ1n) is 11.7. The predicted molar refractivity (Wildman–Crippen MR) is 146 cm³/mol. The van der Waals surface area contributed by atoms with E-state index in [1.54, 1.807) is 6.08 Å². The van der Waals surface area contributed by atoms with Crippen LogP contribution < -0.4 is 20.5 Å². The monoisotopic (exact) mass is 461 g/mol. The second-order valence-electron chi connectivity index (χ2n) is 8.94. The normalized spacial score (nSPS) is 11.8. The van der Waals surface area contributed by atoms with Gasteiger partial charge in [0.15, 0.2) is 5.78 Å². The lowest BCUT2D eigenvalue weighted by molar-refractivity contribution is 0.104. The maximum Gasteiger partial charge on any atom is 0.250 e. The van der Waals surface area contributed by atoms with Crippen molar-refractivity contribution in [1.82, 2.24) is 4.98 Å². The zero-order valence-electron chi connectivity index (χ0n) is 20.3. The SMILES string of the molecule is CC(=CC(=O)c1c(C)cc(C)cc1C)N[Si](c1ccccc1)(c1ccccc1)c1ccccc1. The molecule has 0 saturated carbocycles. The Balaban J connectivity index is 1.86. The van der Waals surface area contributed by atoms with E-state index in [1.165, 1.54) is 21.1 Å². The summed E-state index contributed by atoms with van der Waals surface area (Å²) in [6.45, 7) is 8.10. The molecule has 0 bridgehead atoms. The fourth-order valence-electron chi connectivity index (χ4n) is 4.95. The number of ketones is 1. The second kappa shape index (κ2) is 10.1. The Labute approximate surface area is 204 Å². The lowest BCUT2D eigenvalue weighted by Gasteiger charge is -2.35. The minimum absolute atomic E-state index is 0.0390. The fraction of sp³-hybridized carbons (Fsp3) is 0.129. The van der Waals surface area contributed by atoms with E-state index in [0.717, 1.165) is 22.4 Å². The molecule has 3 heteroatoms. The lowest BCUT2D eigenvalue weighted by Crippen LogP contribution is -2.75. The molecule has 4 aromatic rings. The number of hydrogen-bond acceptors (Lipinski definition) is 2. The Morgan fingerprint density at radius 2 is 1.06 bits per heavy atom. The number of aryl methyl sites for hydroxylation is 3. The van der Waals surface area contributed by atoms with Crippen LogP contribution in [0.1, 0.15) is 34.0 Å². The van der Waals surface area contributed by atoms with Gasteiger partial charge in [-0.05, 0) is 54.4 Å². The zero-order chi connectivity index (χ0) is 24.1. The molecule has 4 rings (SSSR count). The summed E-state index contributed by atoms with van der Waals surface area (Å²) in [5.41, 5.74) is 4.87.